The van der Waals surface area contributed by atoms with Crippen LogP contribution >= 0.6 is 0 Å². The van der Waals surface area contributed by atoms with Crippen molar-refractivity contribution in [3.63, 3.8) is 0 Å². The lowest BCUT2D eigenvalue weighted by atomic mass is 10.1. The van der Waals surface area contributed by atoms with Crippen LogP contribution in [0.5, 0.6) is 0 Å². The molecule has 0 fully saturated rings. The summed E-state index contributed by atoms with van der Waals surface area (Å²) >= 11 is 0. The summed E-state index contributed by atoms with van der Waals surface area (Å²) in [5.74, 6) is 1.81. The molecule has 0 saturated carbocycles. The second-order valence-corrected chi connectivity index (χ2v) is 6.12. The Morgan fingerprint density at radius 1 is 1.30 bits per heavy atom. The Hall–Kier alpha value is -2.22. The van der Waals surface area contributed by atoms with Gasteiger partial charge in [-0.1, -0.05) is 6.42 Å². The van der Waals surface area contributed by atoms with Crippen LogP contribution in [-0.2, 0) is 30.7 Å². The fourth-order valence-electron chi connectivity index (χ4n) is 3.38. The lowest BCUT2D eigenvalue weighted by molar-refractivity contribution is -0.123. The average molecular weight is 315 g/mol. The molecule has 8 heteroatoms. The van der Waals surface area contributed by atoms with Crippen molar-refractivity contribution in [1.29, 1.82) is 0 Å². The summed E-state index contributed by atoms with van der Waals surface area (Å²) < 4.78 is 2.15. The third kappa shape index (κ3) is 2.74. The van der Waals surface area contributed by atoms with Crippen LogP contribution in [0.15, 0.2) is 6.33 Å². The molecule has 2 aliphatic heterocycles. The average Bonchev–Trinajstić information content (AvgIpc) is 3.13. The zero-order valence-electron chi connectivity index (χ0n) is 13.0. The molecule has 0 aromatic carbocycles. The van der Waals surface area contributed by atoms with Crippen molar-refractivity contribution in [2.24, 2.45) is 0 Å². The molecule has 1 amide bonds. The first-order valence-electron chi connectivity index (χ1n) is 8.27. The number of imidazole rings is 1. The van der Waals surface area contributed by atoms with Crippen LogP contribution in [0.1, 0.15) is 48.3 Å². The van der Waals surface area contributed by atoms with Crippen LogP contribution in [0.4, 0.5) is 0 Å². The fraction of sp³-hybridized carbons (Fsp3) is 0.600. The lowest BCUT2D eigenvalue weighted by Crippen LogP contribution is -2.41. The van der Waals surface area contributed by atoms with Crippen LogP contribution in [0.3, 0.4) is 0 Å². The molecule has 0 spiro atoms. The topological polar surface area (TPSA) is 101 Å². The highest BCUT2D eigenvalue weighted by Crippen LogP contribution is 2.19. The van der Waals surface area contributed by atoms with Gasteiger partial charge in [0.15, 0.2) is 5.82 Å². The number of aryl methyl sites for hydroxylation is 1. The molecule has 0 aliphatic carbocycles. The first kappa shape index (κ1) is 14.4. The zero-order valence-corrected chi connectivity index (χ0v) is 13.0. The van der Waals surface area contributed by atoms with E-state index in [0.717, 1.165) is 55.4 Å². The Morgan fingerprint density at radius 3 is 3.22 bits per heavy atom. The van der Waals surface area contributed by atoms with E-state index in [1.807, 2.05) is 0 Å². The quantitative estimate of drug-likeness (QED) is 0.753. The molecule has 23 heavy (non-hydrogen) atoms. The van der Waals surface area contributed by atoms with E-state index in [-0.39, 0.29) is 5.91 Å². The van der Waals surface area contributed by atoms with Crippen molar-refractivity contribution in [2.45, 2.75) is 51.2 Å². The Labute approximate surface area is 134 Å². The van der Waals surface area contributed by atoms with Crippen LogP contribution in [0, 0.1) is 0 Å². The van der Waals surface area contributed by atoms with Gasteiger partial charge in [0.2, 0.25) is 5.91 Å². The van der Waals surface area contributed by atoms with E-state index in [0.29, 0.717) is 6.54 Å². The number of H-pyrrole nitrogens is 1. The summed E-state index contributed by atoms with van der Waals surface area (Å²) in [5, 5.41) is 14.7. The van der Waals surface area contributed by atoms with E-state index in [4.69, 9.17) is 0 Å². The second-order valence-electron chi connectivity index (χ2n) is 6.12. The predicted octanol–water partition coefficient (Wildman–Crippen LogP) is 0.231. The van der Waals surface area contributed by atoms with Gasteiger partial charge < -0.3 is 20.2 Å². The van der Waals surface area contributed by atoms with Crippen LogP contribution in [-0.4, -0.2) is 37.2 Å². The van der Waals surface area contributed by atoms with Gasteiger partial charge in [-0.05, 0) is 12.8 Å². The van der Waals surface area contributed by atoms with E-state index < -0.39 is 6.04 Å². The second kappa shape index (κ2) is 6.11. The number of fused-ring (bicyclic) bond motifs is 2. The van der Waals surface area contributed by atoms with Crippen LogP contribution in [0.25, 0.3) is 0 Å². The van der Waals surface area contributed by atoms with Crippen molar-refractivity contribution < 1.29 is 4.79 Å². The van der Waals surface area contributed by atoms with Crippen molar-refractivity contribution in [3.05, 3.63) is 29.4 Å². The van der Waals surface area contributed by atoms with Gasteiger partial charge in [0, 0.05) is 31.6 Å². The van der Waals surface area contributed by atoms with Gasteiger partial charge in [-0.25, -0.2) is 4.98 Å². The molecule has 122 valence electrons. The Kier molecular flexibility index (Phi) is 3.82. The Bertz CT molecular complexity index is 704. The molecule has 3 N–H and O–H groups in total. The summed E-state index contributed by atoms with van der Waals surface area (Å²) in [4.78, 5) is 19.9. The number of amides is 1. The molecule has 8 nitrogen and oxygen atoms in total. The first-order chi connectivity index (χ1) is 11.3. The molecule has 4 heterocycles. The van der Waals surface area contributed by atoms with Gasteiger partial charge in [0.1, 0.15) is 11.9 Å². The van der Waals surface area contributed by atoms with Crippen molar-refractivity contribution in [1.82, 2.24) is 35.4 Å². The van der Waals surface area contributed by atoms with E-state index >= 15 is 0 Å². The molecular formula is C15H21N7O. The summed E-state index contributed by atoms with van der Waals surface area (Å²) in [6, 6.07) is -0.392. The summed E-state index contributed by atoms with van der Waals surface area (Å²) in [6.07, 6.45) is 7.03. The number of hydrogen-bond acceptors (Lipinski definition) is 5. The highest BCUT2D eigenvalue weighted by atomic mass is 16.2. The summed E-state index contributed by atoms with van der Waals surface area (Å²) in [5.41, 5.74) is 1.84. The Balaban J connectivity index is 1.44. The maximum atomic E-state index is 12.5. The van der Waals surface area contributed by atoms with Crippen molar-refractivity contribution in [3.8, 4) is 0 Å². The van der Waals surface area contributed by atoms with E-state index in [9.17, 15) is 4.79 Å². The smallest absolute Gasteiger partial charge is 0.243 e. The molecule has 2 aliphatic rings. The molecule has 2 aromatic rings. The Morgan fingerprint density at radius 2 is 2.26 bits per heavy atom. The number of rotatable bonds is 3. The van der Waals surface area contributed by atoms with Crippen molar-refractivity contribution >= 4 is 5.91 Å². The van der Waals surface area contributed by atoms with Crippen LogP contribution in [0.2, 0.25) is 0 Å². The van der Waals surface area contributed by atoms with Gasteiger partial charge >= 0.3 is 0 Å². The van der Waals surface area contributed by atoms with Crippen LogP contribution < -0.4 is 10.6 Å². The lowest BCUT2D eigenvalue weighted by Gasteiger charge is -2.22. The maximum absolute atomic E-state index is 12.5. The highest BCUT2D eigenvalue weighted by molar-refractivity contribution is 5.83. The van der Waals surface area contributed by atoms with Gasteiger partial charge in [-0.2, -0.15) is 0 Å². The molecule has 4 rings (SSSR count). The highest BCUT2D eigenvalue weighted by Gasteiger charge is 2.28. The maximum Gasteiger partial charge on any atom is 0.243 e. The molecule has 0 bridgehead atoms. The van der Waals surface area contributed by atoms with E-state index in [1.54, 1.807) is 6.33 Å². The number of aromatic nitrogens is 5. The van der Waals surface area contributed by atoms with Gasteiger partial charge in [-0.3, -0.25) is 4.79 Å². The predicted molar refractivity (Wildman–Crippen MR) is 82.5 cm³/mol. The van der Waals surface area contributed by atoms with E-state index in [1.165, 1.54) is 12.8 Å². The largest absolute Gasteiger partial charge is 0.348 e. The standard InChI is InChI=1S/C15H21N7O/c23-15(14-13-10(5-6-16-14)18-9-19-13)17-8-12-21-20-11-4-2-1-3-7-22(11)12/h9,14,16H,1-8H2,(H,17,23)(H,18,19). The minimum atomic E-state index is -0.392. The summed E-state index contributed by atoms with van der Waals surface area (Å²) in [7, 11) is 0. The molecule has 0 radical (unpaired) electrons. The number of carbonyl (C=O) groups excluding carboxylic acids is 1. The fourth-order valence-corrected chi connectivity index (χ4v) is 3.38. The number of hydrogen-bond donors (Lipinski definition) is 3. The monoisotopic (exact) mass is 315 g/mol. The molecular weight excluding hydrogens is 294 g/mol. The molecule has 2 aromatic heterocycles. The van der Waals surface area contributed by atoms with Gasteiger partial charge in [0.05, 0.1) is 18.6 Å². The van der Waals surface area contributed by atoms with Gasteiger partial charge in [0.25, 0.3) is 0 Å². The normalized spacial score (nSPS) is 20.4. The third-order valence-electron chi connectivity index (χ3n) is 4.62. The zero-order chi connectivity index (χ0) is 15.6. The van der Waals surface area contributed by atoms with Gasteiger partial charge in [-0.15, -0.1) is 10.2 Å². The first-order valence-corrected chi connectivity index (χ1v) is 8.27. The molecule has 0 saturated heterocycles. The molecule has 1 atom stereocenters. The number of nitrogens with one attached hydrogen (secondary N) is 3. The number of carbonyl (C=O) groups is 1. The minimum Gasteiger partial charge on any atom is -0.348 e. The third-order valence-corrected chi connectivity index (χ3v) is 4.62. The molecule has 1 unspecified atom stereocenters. The van der Waals surface area contributed by atoms with E-state index in [2.05, 4.69) is 35.4 Å². The number of nitrogens with zero attached hydrogens (tertiary/aromatic N) is 4. The summed E-state index contributed by atoms with van der Waals surface area (Å²) in [6.45, 7) is 2.12. The number of aromatic amines is 1. The SMILES string of the molecule is O=C(NCc1nnc2n1CCCCC2)C1NCCc2[nH]cnc21. The van der Waals surface area contributed by atoms with Crippen molar-refractivity contribution in [2.75, 3.05) is 6.54 Å². The minimum absolute atomic E-state index is 0.0657.